The fraction of sp³-hybridized carbons (Fsp3) is 0.143. The van der Waals surface area contributed by atoms with Gasteiger partial charge in [0.05, 0.1) is 5.56 Å². The Morgan fingerprint density at radius 1 is 1.00 bits per heavy atom. The van der Waals surface area contributed by atoms with Gasteiger partial charge in [-0.1, -0.05) is 40.2 Å². The van der Waals surface area contributed by atoms with Gasteiger partial charge in [-0.2, -0.15) is 13.2 Å². The van der Waals surface area contributed by atoms with E-state index < -0.39 is 11.7 Å². The highest BCUT2D eigenvalue weighted by molar-refractivity contribution is 9.10. The van der Waals surface area contributed by atoms with Crippen LogP contribution in [0.2, 0.25) is 0 Å². The number of nitrogens with one attached hydrogen (secondary N) is 1. The highest BCUT2D eigenvalue weighted by Gasteiger charge is 2.32. The van der Waals surface area contributed by atoms with Gasteiger partial charge in [0.2, 0.25) is 0 Å². The van der Waals surface area contributed by atoms with Crippen LogP contribution >= 0.6 is 15.9 Å². The number of alkyl halides is 3. The van der Waals surface area contributed by atoms with Gasteiger partial charge in [-0.25, -0.2) is 0 Å². The van der Waals surface area contributed by atoms with Gasteiger partial charge in [0.1, 0.15) is 0 Å². The third-order valence-corrected chi connectivity index (χ3v) is 3.30. The van der Waals surface area contributed by atoms with Crippen molar-refractivity contribution in [3.63, 3.8) is 0 Å². The van der Waals surface area contributed by atoms with Crippen molar-refractivity contribution in [3.05, 3.63) is 64.1 Å². The van der Waals surface area contributed by atoms with E-state index in [1.807, 2.05) is 30.3 Å². The maximum atomic E-state index is 12.7. The maximum Gasteiger partial charge on any atom is 0.417 e. The summed E-state index contributed by atoms with van der Waals surface area (Å²) in [6, 6.07) is 13.6. The first kappa shape index (κ1) is 13.9. The molecule has 0 saturated heterocycles. The zero-order valence-electron chi connectivity index (χ0n) is 9.84. The minimum absolute atomic E-state index is 0.0588. The van der Waals surface area contributed by atoms with Crippen molar-refractivity contribution in [2.75, 3.05) is 5.32 Å². The van der Waals surface area contributed by atoms with E-state index >= 15 is 0 Å². The van der Waals surface area contributed by atoms with Crippen LogP contribution in [0.4, 0.5) is 18.9 Å². The summed E-state index contributed by atoms with van der Waals surface area (Å²) in [5, 5.41) is 3.08. The first-order chi connectivity index (χ1) is 8.97. The van der Waals surface area contributed by atoms with Crippen molar-refractivity contribution < 1.29 is 13.2 Å². The molecule has 0 radical (unpaired) electrons. The number of halogens is 4. The Hall–Kier alpha value is -1.49. The summed E-state index contributed by atoms with van der Waals surface area (Å²) in [5.74, 6) is 0. The number of para-hydroxylation sites is 1. The maximum absolute atomic E-state index is 12.7. The lowest BCUT2D eigenvalue weighted by Gasteiger charge is -2.12. The molecule has 0 aliphatic rings. The third kappa shape index (κ3) is 3.73. The Bertz CT molecular complexity index is 552. The van der Waals surface area contributed by atoms with Crippen LogP contribution in [-0.2, 0) is 12.7 Å². The summed E-state index contributed by atoms with van der Waals surface area (Å²) in [7, 11) is 0. The van der Waals surface area contributed by atoms with E-state index in [9.17, 15) is 13.2 Å². The molecule has 0 aliphatic heterocycles. The lowest BCUT2D eigenvalue weighted by atomic mass is 10.1. The number of hydrogen-bond acceptors (Lipinski definition) is 1. The predicted octanol–water partition coefficient (Wildman–Crippen LogP) is 5.08. The molecule has 0 spiro atoms. The largest absolute Gasteiger partial charge is 0.417 e. The Morgan fingerprint density at radius 2 is 1.68 bits per heavy atom. The third-order valence-electron chi connectivity index (χ3n) is 2.61. The molecular weight excluding hydrogens is 319 g/mol. The minimum atomic E-state index is -4.35. The van der Waals surface area contributed by atoms with E-state index in [4.69, 9.17) is 0 Å². The van der Waals surface area contributed by atoms with E-state index in [1.54, 1.807) is 6.07 Å². The Kier molecular flexibility index (Phi) is 4.14. The van der Waals surface area contributed by atoms with Gasteiger partial charge in [0, 0.05) is 16.7 Å². The molecule has 0 heterocycles. The second kappa shape index (κ2) is 5.65. The van der Waals surface area contributed by atoms with Gasteiger partial charge < -0.3 is 5.32 Å². The molecule has 1 nitrogen and oxygen atoms in total. The molecule has 0 aliphatic carbocycles. The molecule has 2 aromatic carbocycles. The van der Waals surface area contributed by atoms with Crippen LogP contribution in [0.1, 0.15) is 11.1 Å². The summed E-state index contributed by atoms with van der Waals surface area (Å²) in [6.45, 7) is 0.348. The zero-order valence-corrected chi connectivity index (χ0v) is 11.4. The van der Waals surface area contributed by atoms with E-state index in [0.29, 0.717) is 12.1 Å². The summed E-state index contributed by atoms with van der Waals surface area (Å²) in [4.78, 5) is 0. The first-order valence-corrected chi connectivity index (χ1v) is 6.40. The van der Waals surface area contributed by atoms with Crippen LogP contribution in [0.25, 0.3) is 0 Å². The fourth-order valence-corrected chi connectivity index (χ4v) is 2.13. The summed E-state index contributed by atoms with van der Waals surface area (Å²) < 4.78 is 38.3. The monoisotopic (exact) mass is 329 g/mol. The number of hydrogen-bond donors (Lipinski definition) is 1. The van der Waals surface area contributed by atoms with Crippen LogP contribution < -0.4 is 5.32 Å². The van der Waals surface area contributed by atoms with Gasteiger partial charge in [0.25, 0.3) is 0 Å². The van der Waals surface area contributed by atoms with Crippen molar-refractivity contribution in [1.29, 1.82) is 0 Å². The lowest BCUT2D eigenvalue weighted by Crippen LogP contribution is -2.08. The number of anilines is 1. The Morgan fingerprint density at radius 3 is 2.32 bits per heavy atom. The molecule has 100 valence electrons. The molecule has 0 amide bonds. The van der Waals surface area contributed by atoms with Crippen LogP contribution in [0.15, 0.2) is 53.0 Å². The summed E-state index contributed by atoms with van der Waals surface area (Å²) in [5.41, 5.74) is 0.804. The van der Waals surface area contributed by atoms with Crippen molar-refractivity contribution in [2.24, 2.45) is 0 Å². The molecule has 2 rings (SSSR count). The SMILES string of the molecule is FC(F)(F)c1cc(CNc2ccccc2)ccc1Br. The second-order valence-corrected chi connectivity index (χ2v) is 4.89. The smallest absolute Gasteiger partial charge is 0.381 e. The van der Waals surface area contributed by atoms with Gasteiger partial charge in [-0.15, -0.1) is 0 Å². The fourth-order valence-electron chi connectivity index (χ4n) is 1.66. The highest BCUT2D eigenvalue weighted by Crippen LogP contribution is 2.35. The number of benzene rings is 2. The van der Waals surface area contributed by atoms with Crippen LogP contribution in [0, 0.1) is 0 Å². The molecule has 0 unspecified atom stereocenters. The molecule has 0 aromatic heterocycles. The van der Waals surface area contributed by atoms with E-state index in [-0.39, 0.29) is 4.47 Å². The van der Waals surface area contributed by atoms with Gasteiger partial charge in [-0.05, 0) is 29.8 Å². The van der Waals surface area contributed by atoms with Crippen molar-refractivity contribution in [2.45, 2.75) is 12.7 Å². The standard InChI is InChI=1S/C14H11BrF3N/c15-13-7-6-10(8-12(13)14(16,17)18)9-19-11-4-2-1-3-5-11/h1-8,19H,9H2. The molecule has 1 N–H and O–H groups in total. The van der Waals surface area contributed by atoms with Crippen molar-refractivity contribution in [1.82, 2.24) is 0 Å². The van der Waals surface area contributed by atoms with E-state index in [0.717, 1.165) is 11.8 Å². The summed E-state index contributed by atoms with van der Waals surface area (Å²) >= 11 is 2.92. The minimum Gasteiger partial charge on any atom is -0.381 e. The highest BCUT2D eigenvalue weighted by atomic mass is 79.9. The van der Waals surface area contributed by atoms with Gasteiger partial charge >= 0.3 is 6.18 Å². The topological polar surface area (TPSA) is 12.0 Å². The quantitative estimate of drug-likeness (QED) is 0.827. The molecule has 2 aromatic rings. The molecule has 0 saturated carbocycles. The van der Waals surface area contributed by atoms with Crippen LogP contribution in [0.3, 0.4) is 0 Å². The van der Waals surface area contributed by atoms with Gasteiger partial charge in [0.15, 0.2) is 0 Å². The van der Waals surface area contributed by atoms with Crippen LogP contribution in [0.5, 0.6) is 0 Å². The molecule has 19 heavy (non-hydrogen) atoms. The zero-order chi connectivity index (χ0) is 13.9. The lowest BCUT2D eigenvalue weighted by molar-refractivity contribution is -0.138. The van der Waals surface area contributed by atoms with Crippen molar-refractivity contribution >= 4 is 21.6 Å². The average Bonchev–Trinajstić information content (AvgIpc) is 2.37. The Labute approximate surface area is 117 Å². The summed E-state index contributed by atoms with van der Waals surface area (Å²) in [6.07, 6.45) is -4.35. The predicted molar refractivity (Wildman–Crippen MR) is 72.9 cm³/mol. The molecule has 0 atom stereocenters. The molecule has 0 fully saturated rings. The average molecular weight is 330 g/mol. The molecule has 5 heteroatoms. The van der Waals surface area contributed by atoms with E-state index in [2.05, 4.69) is 21.2 Å². The normalized spacial score (nSPS) is 11.4. The second-order valence-electron chi connectivity index (χ2n) is 4.03. The van der Waals surface area contributed by atoms with Crippen molar-refractivity contribution in [3.8, 4) is 0 Å². The van der Waals surface area contributed by atoms with Crippen LogP contribution in [-0.4, -0.2) is 0 Å². The molecular formula is C14H11BrF3N. The van der Waals surface area contributed by atoms with Gasteiger partial charge in [-0.3, -0.25) is 0 Å². The Balaban J connectivity index is 2.14. The first-order valence-electron chi connectivity index (χ1n) is 5.61. The molecule has 0 bridgehead atoms. The number of rotatable bonds is 3. The van der Waals surface area contributed by atoms with E-state index in [1.165, 1.54) is 6.07 Å².